The molecule has 2 aromatic rings. The van der Waals surface area contributed by atoms with Gasteiger partial charge < -0.3 is 0 Å². The van der Waals surface area contributed by atoms with Gasteiger partial charge in [0.05, 0.1) is 15.4 Å². The summed E-state index contributed by atoms with van der Waals surface area (Å²) in [4.78, 5) is 35.8. The first kappa shape index (κ1) is 15.2. The molecule has 0 aliphatic heterocycles. The van der Waals surface area contributed by atoms with Crippen LogP contribution in [0, 0.1) is 23.8 Å². The lowest BCUT2D eigenvalue weighted by Crippen LogP contribution is -2.13. The van der Waals surface area contributed by atoms with Gasteiger partial charge in [0.1, 0.15) is 6.20 Å². The Morgan fingerprint density at radius 2 is 2.00 bits per heavy atom. The standard InChI is InChI=1S/C10H5IN4O5S/c11-7-2-1-5(14(17)18)3-6(7)9(16)13-10-12-4-8(21-10)15(19)20/h1-4H,(H,12,13,16). The number of carbonyl (C=O) groups is 1. The minimum Gasteiger partial charge on any atom is -0.298 e. The van der Waals surface area contributed by atoms with Crippen molar-refractivity contribution in [1.82, 2.24) is 4.98 Å². The zero-order valence-electron chi connectivity index (χ0n) is 9.98. The first-order valence-electron chi connectivity index (χ1n) is 5.24. The second kappa shape index (κ2) is 6.09. The van der Waals surface area contributed by atoms with Crippen LogP contribution in [0.3, 0.4) is 0 Å². The Morgan fingerprint density at radius 1 is 1.29 bits per heavy atom. The number of thiazole rings is 1. The fourth-order valence-electron chi connectivity index (χ4n) is 1.37. The molecule has 0 spiro atoms. The summed E-state index contributed by atoms with van der Waals surface area (Å²) in [7, 11) is 0. The van der Waals surface area contributed by atoms with Crippen molar-refractivity contribution >= 4 is 55.7 Å². The van der Waals surface area contributed by atoms with E-state index < -0.39 is 15.8 Å². The van der Waals surface area contributed by atoms with Gasteiger partial charge in [-0.3, -0.25) is 30.3 Å². The van der Waals surface area contributed by atoms with Crippen LogP contribution in [0.1, 0.15) is 10.4 Å². The van der Waals surface area contributed by atoms with E-state index in [4.69, 9.17) is 0 Å². The van der Waals surface area contributed by atoms with Crippen molar-refractivity contribution in [2.24, 2.45) is 0 Å². The number of non-ortho nitro benzene ring substituents is 1. The van der Waals surface area contributed by atoms with E-state index in [1.165, 1.54) is 12.1 Å². The van der Waals surface area contributed by atoms with E-state index in [0.29, 0.717) is 14.9 Å². The topological polar surface area (TPSA) is 128 Å². The van der Waals surface area contributed by atoms with Crippen LogP contribution in [0.4, 0.5) is 15.8 Å². The largest absolute Gasteiger partial charge is 0.345 e. The van der Waals surface area contributed by atoms with Crippen molar-refractivity contribution in [3.05, 3.63) is 53.8 Å². The van der Waals surface area contributed by atoms with E-state index >= 15 is 0 Å². The number of hydrogen-bond acceptors (Lipinski definition) is 7. The van der Waals surface area contributed by atoms with E-state index in [9.17, 15) is 25.0 Å². The van der Waals surface area contributed by atoms with Gasteiger partial charge in [0.25, 0.3) is 11.6 Å². The SMILES string of the molecule is O=C(Nc1ncc([N+](=O)[O-])s1)c1cc([N+](=O)[O-])ccc1I. The number of anilines is 1. The second-order valence-corrected chi connectivity index (χ2v) is 5.81. The lowest BCUT2D eigenvalue weighted by atomic mass is 10.2. The molecule has 1 N–H and O–H groups in total. The predicted octanol–water partition coefficient (Wildman–Crippen LogP) is 2.82. The number of benzene rings is 1. The third-order valence-corrected chi connectivity index (χ3v) is 4.10. The molecule has 0 unspecified atom stereocenters. The van der Waals surface area contributed by atoms with Gasteiger partial charge in [-0.1, -0.05) is 0 Å². The molecule has 0 saturated carbocycles. The van der Waals surface area contributed by atoms with E-state index in [1.54, 1.807) is 0 Å². The first-order chi connectivity index (χ1) is 9.88. The summed E-state index contributed by atoms with van der Waals surface area (Å²) in [5, 5.41) is 23.5. The number of hydrogen-bond donors (Lipinski definition) is 1. The van der Waals surface area contributed by atoms with E-state index in [-0.39, 0.29) is 21.4 Å². The summed E-state index contributed by atoms with van der Waals surface area (Å²) in [5.74, 6) is -0.618. The number of carbonyl (C=O) groups excluding carboxylic acids is 1. The Balaban J connectivity index is 2.25. The van der Waals surface area contributed by atoms with Crippen LogP contribution < -0.4 is 5.32 Å². The van der Waals surface area contributed by atoms with E-state index in [2.05, 4.69) is 10.3 Å². The summed E-state index contributed by atoms with van der Waals surface area (Å²) in [6.45, 7) is 0. The highest BCUT2D eigenvalue weighted by molar-refractivity contribution is 14.1. The maximum Gasteiger partial charge on any atom is 0.345 e. The van der Waals surface area contributed by atoms with Gasteiger partial charge in [0, 0.05) is 15.7 Å². The van der Waals surface area contributed by atoms with Crippen LogP contribution in [-0.2, 0) is 0 Å². The molecule has 0 bridgehead atoms. The molecular weight excluding hydrogens is 415 g/mol. The molecule has 0 fully saturated rings. The number of nitrogens with one attached hydrogen (secondary N) is 1. The maximum absolute atomic E-state index is 12.0. The Bertz CT molecular complexity index is 747. The average Bonchev–Trinajstić information content (AvgIpc) is 2.87. The molecule has 0 saturated heterocycles. The second-order valence-electron chi connectivity index (χ2n) is 3.64. The highest BCUT2D eigenvalue weighted by Gasteiger charge is 2.18. The molecule has 1 heterocycles. The first-order valence-corrected chi connectivity index (χ1v) is 7.13. The van der Waals surface area contributed by atoms with E-state index in [0.717, 1.165) is 12.3 Å². The fourth-order valence-corrected chi connectivity index (χ4v) is 2.58. The third-order valence-electron chi connectivity index (χ3n) is 2.30. The van der Waals surface area contributed by atoms with Gasteiger partial charge in [-0.2, -0.15) is 0 Å². The van der Waals surface area contributed by atoms with Gasteiger partial charge in [0.15, 0.2) is 5.13 Å². The minimum absolute atomic E-state index is 0.0500. The van der Waals surface area contributed by atoms with Crippen LogP contribution in [0.15, 0.2) is 24.4 Å². The smallest absolute Gasteiger partial charge is 0.298 e. The number of aromatic nitrogens is 1. The van der Waals surface area contributed by atoms with E-state index in [1.807, 2.05) is 22.6 Å². The molecule has 0 atom stereocenters. The number of amides is 1. The average molecular weight is 420 g/mol. The molecule has 2 rings (SSSR count). The summed E-state index contributed by atoms with van der Waals surface area (Å²) in [6, 6.07) is 3.86. The molecule has 0 aliphatic carbocycles. The maximum atomic E-state index is 12.0. The Morgan fingerprint density at radius 3 is 2.57 bits per heavy atom. The van der Waals surface area contributed by atoms with Gasteiger partial charge >= 0.3 is 5.00 Å². The molecule has 0 aliphatic rings. The van der Waals surface area contributed by atoms with Crippen LogP contribution in [0.25, 0.3) is 0 Å². The fraction of sp³-hybridized carbons (Fsp3) is 0. The highest BCUT2D eigenvalue weighted by Crippen LogP contribution is 2.26. The summed E-state index contributed by atoms with van der Waals surface area (Å²) < 4.78 is 0.516. The van der Waals surface area contributed by atoms with Crippen LogP contribution in [0.5, 0.6) is 0 Å². The number of halogens is 1. The number of nitro benzene ring substituents is 1. The van der Waals surface area contributed by atoms with Crippen LogP contribution >= 0.6 is 33.9 Å². The zero-order valence-corrected chi connectivity index (χ0v) is 13.0. The molecule has 108 valence electrons. The van der Waals surface area contributed by atoms with Crippen molar-refractivity contribution in [3.63, 3.8) is 0 Å². The monoisotopic (exact) mass is 420 g/mol. The van der Waals surface area contributed by atoms with Crippen LogP contribution in [-0.4, -0.2) is 20.7 Å². The zero-order chi connectivity index (χ0) is 15.6. The normalized spacial score (nSPS) is 10.1. The minimum atomic E-state index is -0.621. The molecule has 9 nitrogen and oxygen atoms in total. The number of rotatable bonds is 4. The number of nitro groups is 2. The lowest BCUT2D eigenvalue weighted by Gasteiger charge is -2.03. The van der Waals surface area contributed by atoms with Gasteiger partial charge in [-0.15, -0.1) is 0 Å². The van der Waals surface area contributed by atoms with Crippen molar-refractivity contribution in [3.8, 4) is 0 Å². The highest BCUT2D eigenvalue weighted by atomic mass is 127. The Labute approximate surface area is 134 Å². The molecule has 21 heavy (non-hydrogen) atoms. The van der Waals surface area contributed by atoms with Crippen molar-refractivity contribution in [2.75, 3.05) is 5.32 Å². The van der Waals surface area contributed by atoms with Gasteiger partial charge in [0.2, 0.25) is 0 Å². The van der Waals surface area contributed by atoms with Crippen molar-refractivity contribution < 1.29 is 14.6 Å². The summed E-state index contributed by atoms with van der Waals surface area (Å²) in [5.41, 5.74) is -0.117. The molecule has 1 aromatic carbocycles. The Hall–Kier alpha value is -2.15. The molecule has 1 amide bonds. The van der Waals surface area contributed by atoms with Gasteiger partial charge in [-0.25, -0.2) is 4.98 Å². The predicted molar refractivity (Wildman–Crippen MR) is 82.5 cm³/mol. The summed E-state index contributed by atoms with van der Waals surface area (Å²) in [6.07, 6.45) is 1.03. The molecule has 1 aromatic heterocycles. The van der Waals surface area contributed by atoms with Gasteiger partial charge in [-0.05, 0) is 40.0 Å². The van der Waals surface area contributed by atoms with Crippen molar-refractivity contribution in [1.29, 1.82) is 0 Å². The van der Waals surface area contributed by atoms with Crippen molar-refractivity contribution in [2.45, 2.75) is 0 Å². The molecule has 11 heteroatoms. The Kier molecular flexibility index (Phi) is 4.42. The lowest BCUT2D eigenvalue weighted by molar-refractivity contribution is -0.384. The van der Waals surface area contributed by atoms with Crippen LogP contribution in [0.2, 0.25) is 0 Å². The quantitative estimate of drug-likeness (QED) is 0.460. The third kappa shape index (κ3) is 3.49. The number of nitrogens with zero attached hydrogens (tertiary/aromatic N) is 3. The molecular formula is C10H5IN4O5S. The summed E-state index contributed by atoms with van der Waals surface area (Å²) >= 11 is 2.57. The molecule has 0 radical (unpaired) electrons.